The maximum Gasteiger partial charge on any atom is 0.404 e. The van der Waals surface area contributed by atoms with Gasteiger partial charge in [-0.1, -0.05) is 48.9 Å². The largest absolute Gasteiger partial charge is 0.465 e. The van der Waals surface area contributed by atoms with Crippen molar-refractivity contribution in [2.24, 2.45) is 11.8 Å². The Hall–Kier alpha value is -1.81. The zero-order valence-corrected chi connectivity index (χ0v) is 13.7. The van der Waals surface area contributed by atoms with Crippen molar-refractivity contribution < 1.29 is 9.90 Å². The predicted octanol–water partition coefficient (Wildman–Crippen LogP) is 3.50. The summed E-state index contributed by atoms with van der Waals surface area (Å²) in [5.41, 5.74) is 2.82. The molecule has 2 atom stereocenters. The molecule has 0 saturated heterocycles. The van der Waals surface area contributed by atoms with Crippen LogP contribution in [0.5, 0.6) is 0 Å². The molecule has 1 aromatic rings. The van der Waals surface area contributed by atoms with Crippen molar-refractivity contribution in [3.8, 4) is 0 Å². The monoisotopic (exact) mass is 314 g/mol. The first kappa shape index (κ1) is 16.1. The maximum absolute atomic E-state index is 10.6. The van der Waals surface area contributed by atoms with E-state index in [1.54, 1.807) is 0 Å². The van der Waals surface area contributed by atoms with Crippen LogP contribution in [0, 0.1) is 11.8 Å². The van der Waals surface area contributed by atoms with Gasteiger partial charge in [0.1, 0.15) is 0 Å². The maximum atomic E-state index is 10.6. The Labute approximate surface area is 138 Å². The Morgan fingerprint density at radius 3 is 2.65 bits per heavy atom. The van der Waals surface area contributed by atoms with Crippen LogP contribution in [0.4, 0.5) is 4.79 Å². The average Bonchev–Trinajstić information content (AvgIpc) is 3.27. The van der Waals surface area contributed by atoms with Gasteiger partial charge < -0.3 is 15.7 Å². The van der Waals surface area contributed by atoms with Gasteiger partial charge in [-0.05, 0) is 49.6 Å². The molecular formula is C19H26N2O2. The zero-order valence-electron chi connectivity index (χ0n) is 13.7. The molecule has 3 N–H and O–H groups in total. The Morgan fingerprint density at radius 2 is 2.00 bits per heavy atom. The predicted molar refractivity (Wildman–Crippen MR) is 92.3 cm³/mol. The number of hydrogen-bond donors (Lipinski definition) is 3. The van der Waals surface area contributed by atoms with Gasteiger partial charge in [-0.15, -0.1) is 0 Å². The number of rotatable bonds is 7. The highest BCUT2D eigenvalue weighted by Gasteiger charge is 2.40. The molecule has 23 heavy (non-hydrogen) atoms. The molecular weight excluding hydrogens is 288 g/mol. The fourth-order valence-corrected chi connectivity index (χ4v) is 3.58. The highest BCUT2D eigenvalue weighted by Crippen LogP contribution is 2.40. The molecule has 1 unspecified atom stereocenters. The van der Waals surface area contributed by atoms with Crippen molar-refractivity contribution >= 4 is 12.2 Å². The quantitative estimate of drug-likeness (QED) is 0.722. The third-order valence-corrected chi connectivity index (χ3v) is 5.06. The Kier molecular flexibility index (Phi) is 5.01. The number of nitrogens with one attached hydrogen (secondary N) is 2. The van der Waals surface area contributed by atoms with E-state index in [2.05, 4.69) is 54.0 Å². The molecule has 2 fully saturated rings. The first-order chi connectivity index (χ1) is 11.2. The molecule has 4 heteroatoms. The average molecular weight is 314 g/mol. The molecule has 3 rings (SSSR count). The Bertz CT molecular complexity index is 564. The molecule has 2 aliphatic carbocycles. The van der Waals surface area contributed by atoms with Crippen LogP contribution in [0.25, 0.3) is 6.08 Å². The second-order valence-corrected chi connectivity index (χ2v) is 6.82. The minimum atomic E-state index is -0.901. The summed E-state index contributed by atoms with van der Waals surface area (Å²) in [7, 11) is 0. The SMILES string of the molecule is CCC(=Cc1ccccc1)C1C[C@@H]1NCC1CC(NC(=O)O)C1. The van der Waals surface area contributed by atoms with Gasteiger partial charge in [0.25, 0.3) is 0 Å². The summed E-state index contributed by atoms with van der Waals surface area (Å²) in [5.74, 6) is 1.30. The normalized spacial score (nSPS) is 29.7. The number of benzene rings is 1. The minimum Gasteiger partial charge on any atom is -0.465 e. The van der Waals surface area contributed by atoms with Crippen molar-refractivity contribution in [1.82, 2.24) is 10.6 Å². The molecule has 0 spiro atoms. The number of hydrogen-bond acceptors (Lipinski definition) is 2. The van der Waals surface area contributed by atoms with Gasteiger partial charge in [-0.3, -0.25) is 0 Å². The van der Waals surface area contributed by atoms with Crippen LogP contribution < -0.4 is 10.6 Å². The van der Waals surface area contributed by atoms with Crippen molar-refractivity contribution in [1.29, 1.82) is 0 Å². The van der Waals surface area contributed by atoms with Gasteiger partial charge in [-0.25, -0.2) is 4.79 Å². The van der Waals surface area contributed by atoms with E-state index in [9.17, 15) is 4.79 Å². The third kappa shape index (κ3) is 4.35. The van der Waals surface area contributed by atoms with E-state index < -0.39 is 6.09 Å². The fraction of sp³-hybridized carbons (Fsp3) is 0.526. The van der Waals surface area contributed by atoms with E-state index in [0.717, 1.165) is 25.8 Å². The second kappa shape index (κ2) is 7.18. The summed E-state index contributed by atoms with van der Waals surface area (Å²) in [4.78, 5) is 10.6. The summed E-state index contributed by atoms with van der Waals surface area (Å²) in [6, 6.07) is 11.3. The number of amides is 1. The van der Waals surface area contributed by atoms with Crippen LogP contribution in [0.1, 0.15) is 38.2 Å². The summed E-state index contributed by atoms with van der Waals surface area (Å²) in [6.45, 7) is 3.25. The fourth-order valence-electron chi connectivity index (χ4n) is 3.58. The van der Waals surface area contributed by atoms with Gasteiger partial charge in [0, 0.05) is 12.1 Å². The zero-order chi connectivity index (χ0) is 16.2. The van der Waals surface area contributed by atoms with E-state index in [-0.39, 0.29) is 6.04 Å². The van der Waals surface area contributed by atoms with Gasteiger partial charge in [0.15, 0.2) is 0 Å². The molecule has 2 saturated carbocycles. The first-order valence-corrected chi connectivity index (χ1v) is 8.64. The van der Waals surface area contributed by atoms with Crippen molar-refractivity contribution in [2.45, 2.75) is 44.7 Å². The molecule has 124 valence electrons. The lowest BCUT2D eigenvalue weighted by Gasteiger charge is -2.35. The Balaban J connectivity index is 1.41. The van der Waals surface area contributed by atoms with Gasteiger partial charge in [0.2, 0.25) is 0 Å². The summed E-state index contributed by atoms with van der Waals surface area (Å²) in [5, 5.41) is 14.9. The molecule has 0 heterocycles. The molecule has 2 aliphatic rings. The molecule has 0 bridgehead atoms. The van der Waals surface area contributed by atoms with E-state index in [0.29, 0.717) is 17.9 Å². The third-order valence-electron chi connectivity index (χ3n) is 5.06. The lowest BCUT2D eigenvalue weighted by atomic mass is 9.80. The smallest absolute Gasteiger partial charge is 0.404 e. The molecule has 4 nitrogen and oxygen atoms in total. The molecule has 1 aromatic carbocycles. The van der Waals surface area contributed by atoms with Crippen LogP contribution in [0.2, 0.25) is 0 Å². The highest BCUT2D eigenvalue weighted by molar-refractivity contribution is 5.65. The van der Waals surface area contributed by atoms with Crippen molar-refractivity contribution in [2.75, 3.05) is 6.54 Å². The number of carbonyl (C=O) groups is 1. The van der Waals surface area contributed by atoms with Crippen molar-refractivity contribution in [3.63, 3.8) is 0 Å². The van der Waals surface area contributed by atoms with Crippen molar-refractivity contribution in [3.05, 3.63) is 41.5 Å². The van der Waals surface area contributed by atoms with Crippen LogP contribution in [-0.2, 0) is 0 Å². The van der Waals surface area contributed by atoms with Gasteiger partial charge >= 0.3 is 6.09 Å². The van der Waals surface area contributed by atoms with E-state index >= 15 is 0 Å². The lowest BCUT2D eigenvalue weighted by Crippen LogP contribution is -2.47. The standard InChI is InChI=1S/C19H26N2O2/c1-2-15(8-13-6-4-3-5-7-13)17-11-18(17)20-12-14-9-16(10-14)21-19(22)23/h3-8,14,16-18,20-21H,2,9-12H2,1H3,(H,22,23)/t14?,16?,17?,18-/m0/s1. The van der Waals surface area contributed by atoms with Gasteiger partial charge in [0.05, 0.1) is 0 Å². The highest BCUT2D eigenvalue weighted by atomic mass is 16.4. The molecule has 0 aromatic heterocycles. The van der Waals surface area contributed by atoms with E-state index in [4.69, 9.17) is 5.11 Å². The Morgan fingerprint density at radius 1 is 1.26 bits per heavy atom. The first-order valence-electron chi connectivity index (χ1n) is 8.64. The molecule has 1 amide bonds. The summed E-state index contributed by atoms with van der Waals surface area (Å²) in [6.07, 6.45) is 5.71. The molecule has 0 aliphatic heterocycles. The molecule has 0 radical (unpaired) electrons. The topological polar surface area (TPSA) is 61.4 Å². The van der Waals surface area contributed by atoms with Gasteiger partial charge in [-0.2, -0.15) is 0 Å². The van der Waals surface area contributed by atoms with Crippen LogP contribution in [-0.4, -0.2) is 29.8 Å². The van der Waals surface area contributed by atoms with Crippen LogP contribution in [0.15, 0.2) is 35.9 Å². The summed E-state index contributed by atoms with van der Waals surface area (Å²) >= 11 is 0. The number of carboxylic acid groups (broad SMARTS) is 1. The second-order valence-electron chi connectivity index (χ2n) is 6.82. The lowest BCUT2D eigenvalue weighted by molar-refractivity contribution is 0.164. The van der Waals surface area contributed by atoms with Crippen LogP contribution in [0.3, 0.4) is 0 Å². The van der Waals surface area contributed by atoms with E-state index in [1.165, 1.54) is 17.6 Å². The minimum absolute atomic E-state index is 0.165. The van der Waals surface area contributed by atoms with E-state index in [1.807, 2.05) is 0 Å². The van der Waals surface area contributed by atoms with Crippen LogP contribution >= 0.6 is 0 Å². The summed E-state index contributed by atoms with van der Waals surface area (Å²) < 4.78 is 0.